The minimum atomic E-state index is -3.40. The highest BCUT2D eigenvalue weighted by Crippen LogP contribution is 2.26. The molecular weight excluding hydrogens is 336 g/mol. The zero-order valence-electron chi connectivity index (χ0n) is 14.0. The van der Waals surface area contributed by atoms with E-state index in [-0.39, 0.29) is 12.1 Å². The second-order valence-electron chi connectivity index (χ2n) is 6.66. The molecule has 1 aromatic rings. The topological polar surface area (TPSA) is 66.9 Å². The van der Waals surface area contributed by atoms with Crippen LogP contribution in [-0.4, -0.2) is 55.5 Å². The van der Waals surface area contributed by atoms with Gasteiger partial charge in [-0.2, -0.15) is 4.31 Å². The van der Waals surface area contributed by atoms with E-state index in [1.165, 1.54) is 15.6 Å². The molecule has 1 amide bonds. The molecule has 1 fully saturated rings. The summed E-state index contributed by atoms with van der Waals surface area (Å²) in [5.41, 5.74) is -0.533. The van der Waals surface area contributed by atoms with Gasteiger partial charge in [0.25, 0.3) is 10.0 Å². The number of thiophene rings is 1. The van der Waals surface area contributed by atoms with E-state index in [4.69, 9.17) is 4.74 Å². The van der Waals surface area contributed by atoms with Gasteiger partial charge in [0.15, 0.2) is 0 Å². The zero-order valence-corrected chi connectivity index (χ0v) is 15.6. The fourth-order valence-electron chi connectivity index (χ4n) is 2.49. The van der Waals surface area contributed by atoms with Crippen molar-refractivity contribution < 1.29 is 17.9 Å². The highest BCUT2D eigenvalue weighted by Gasteiger charge is 2.33. The molecule has 1 aliphatic rings. The van der Waals surface area contributed by atoms with Gasteiger partial charge >= 0.3 is 6.09 Å². The summed E-state index contributed by atoms with van der Waals surface area (Å²) in [4.78, 5) is 13.7. The number of rotatable bonds is 3. The van der Waals surface area contributed by atoms with Crippen LogP contribution in [0.5, 0.6) is 0 Å². The van der Waals surface area contributed by atoms with E-state index in [2.05, 4.69) is 0 Å². The van der Waals surface area contributed by atoms with Crippen LogP contribution in [0.25, 0.3) is 0 Å². The number of hydrogen-bond donors (Lipinski definition) is 0. The average Bonchev–Trinajstić information content (AvgIpc) is 2.99. The maximum atomic E-state index is 12.5. The Morgan fingerprint density at radius 2 is 1.96 bits per heavy atom. The normalized spacial score (nSPS) is 17.9. The van der Waals surface area contributed by atoms with Crippen LogP contribution in [0.2, 0.25) is 0 Å². The molecular formula is C15H24N2O4S2. The minimum Gasteiger partial charge on any atom is -0.444 e. The Labute approximate surface area is 142 Å². The standard InChI is InChI=1S/C15H24N2O4S2/c1-15(2,3)21-14(18)16(4)12-7-9-17(10-8-12)23(19,20)13-6-5-11-22-13/h5-6,11-12H,7-10H2,1-4H3. The van der Waals surface area contributed by atoms with E-state index in [0.717, 1.165) is 0 Å². The van der Waals surface area contributed by atoms with Crippen molar-refractivity contribution in [1.82, 2.24) is 9.21 Å². The molecule has 0 spiro atoms. The fourth-order valence-corrected chi connectivity index (χ4v) is 5.10. The Kier molecular flexibility index (Phi) is 5.37. The maximum absolute atomic E-state index is 12.5. The molecule has 8 heteroatoms. The Balaban J connectivity index is 1.95. The lowest BCUT2D eigenvalue weighted by atomic mass is 10.1. The monoisotopic (exact) mass is 360 g/mol. The van der Waals surface area contributed by atoms with E-state index in [1.807, 2.05) is 20.8 Å². The SMILES string of the molecule is CN(C(=O)OC(C)(C)C)C1CCN(S(=O)(=O)c2cccs2)CC1. The number of hydrogen-bond acceptors (Lipinski definition) is 5. The van der Waals surface area contributed by atoms with Gasteiger partial charge in [-0.1, -0.05) is 6.07 Å². The number of sulfonamides is 1. The number of nitrogens with zero attached hydrogens (tertiary/aromatic N) is 2. The zero-order chi connectivity index (χ0) is 17.3. The molecule has 0 unspecified atom stereocenters. The van der Waals surface area contributed by atoms with Crippen molar-refractivity contribution in [3.05, 3.63) is 17.5 Å². The summed E-state index contributed by atoms with van der Waals surface area (Å²) < 4.78 is 32.2. The first kappa shape index (κ1) is 18.2. The van der Waals surface area contributed by atoms with Gasteiger partial charge in [-0.25, -0.2) is 13.2 Å². The maximum Gasteiger partial charge on any atom is 0.410 e. The predicted molar refractivity (Wildman–Crippen MR) is 90.1 cm³/mol. The third-order valence-electron chi connectivity index (χ3n) is 3.74. The first-order chi connectivity index (χ1) is 10.6. The van der Waals surface area contributed by atoms with Crippen LogP contribution in [-0.2, 0) is 14.8 Å². The van der Waals surface area contributed by atoms with E-state index in [1.54, 1.807) is 29.5 Å². The first-order valence-electron chi connectivity index (χ1n) is 7.61. The molecule has 0 aromatic carbocycles. The van der Waals surface area contributed by atoms with E-state index in [0.29, 0.717) is 30.1 Å². The molecule has 1 aromatic heterocycles. The lowest BCUT2D eigenvalue weighted by molar-refractivity contribution is 0.0178. The number of carbonyl (C=O) groups is 1. The lowest BCUT2D eigenvalue weighted by Crippen LogP contribution is -2.48. The molecule has 1 saturated heterocycles. The molecule has 0 saturated carbocycles. The summed E-state index contributed by atoms with van der Waals surface area (Å²) in [6, 6.07) is 3.36. The van der Waals surface area contributed by atoms with E-state index >= 15 is 0 Å². The molecule has 130 valence electrons. The van der Waals surface area contributed by atoms with Crippen LogP contribution >= 0.6 is 11.3 Å². The number of ether oxygens (including phenoxy) is 1. The van der Waals surface area contributed by atoms with Crippen LogP contribution in [0.1, 0.15) is 33.6 Å². The van der Waals surface area contributed by atoms with Gasteiger partial charge in [0.05, 0.1) is 0 Å². The number of carbonyl (C=O) groups excluding carboxylic acids is 1. The van der Waals surface area contributed by atoms with Gasteiger partial charge in [0.1, 0.15) is 9.81 Å². The van der Waals surface area contributed by atoms with Crippen LogP contribution in [0.3, 0.4) is 0 Å². The smallest absolute Gasteiger partial charge is 0.410 e. The summed E-state index contributed by atoms with van der Waals surface area (Å²) in [6.07, 6.45) is 0.859. The Morgan fingerprint density at radius 3 is 2.43 bits per heavy atom. The molecule has 2 rings (SSSR count). The lowest BCUT2D eigenvalue weighted by Gasteiger charge is -2.36. The summed E-state index contributed by atoms with van der Waals surface area (Å²) in [7, 11) is -1.69. The largest absolute Gasteiger partial charge is 0.444 e. The van der Waals surface area contributed by atoms with Gasteiger partial charge in [-0.15, -0.1) is 11.3 Å². The second-order valence-corrected chi connectivity index (χ2v) is 9.77. The van der Waals surface area contributed by atoms with Crippen molar-refractivity contribution in [2.75, 3.05) is 20.1 Å². The third-order valence-corrected chi connectivity index (χ3v) is 7.01. The predicted octanol–water partition coefficient (Wildman–Crippen LogP) is 2.77. The molecule has 23 heavy (non-hydrogen) atoms. The van der Waals surface area contributed by atoms with E-state index < -0.39 is 15.6 Å². The summed E-state index contributed by atoms with van der Waals surface area (Å²) in [6.45, 7) is 6.31. The van der Waals surface area contributed by atoms with Gasteiger partial charge in [-0.3, -0.25) is 0 Å². The van der Waals surface area contributed by atoms with Crippen LogP contribution in [0.4, 0.5) is 4.79 Å². The number of amides is 1. The van der Waals surface area contributed by atoms with Gasteiger partial charge in [0.2, 0.25) is 0 Å². The minimum absolute atomic E-state index is 0.000337. The van der Waals surface area contributed by atoms with Gasteiger partial charge in [-0.05, 0) is 45.1 Å². The Bertz CT molecular complexity index is 627. The van der Waals surface area contributed by atoms with Crippen LogP contribution in [0, 0.1) is 0 Å². The van der Waals surface area contributed by atoms with E-state index in [9.17, 15) is 13.2 Å². The van der Waals surface area contributed by atoms with Gasteiger partial charge in [0, 0.05) is 26.2 Å². The Hall–Kier alpha value is -1.12. The van der Waals surface area contributed by atoms with Crippen molar-refractivity contribution in [2.24, 2.45) is 0 Å². The van der Waals surface area contributed by atoms with Crippen molar-refractivity contribution in [3.63, 3.8) is 0 Å². The van der Waals surface area contributed by atoms with Crippen LogP contribution in [0.15, 0.2) is 21.7 Å². The number of piperidine rings is 1. The molecule has 0 aliphatic carbocycles. The quantitative estimate of drug-likeness (QED) is 0.831. The van der Waals surface area contributed by atoms with Crippen LogP contribution < -0.4 is 0 Å². The highest BCUT2D eigenvalue weighted by atomic mass is 32.2. The third kappa shape index (κ3) is 4.45. The molecule has 2 heterocycles. The second kappa shape index (κ2) is 6.78. The molecule has 0 atom stereocenters. The highest BCUT2D eigenvalue weighted by molar-refractivity contribution is 7.91. The van der Waals surface area contributed by atoms with Crippen molar-refractivity contribution in [2.45, 2.75) is 49.5 Å². The average molecular weight is 361 g/mol. The van der Waals surface area contributed by atoms with Crippen molar-refractivity contribution in [1.29, 1.82) is 0 Å². The first-order valence-corrected chi connectivity index (χ1v) is 9.93. The van der Waals surface area contributed by atoms with Gasteiger partial charge < -0.3 is 9.64 Å². The molecule has 0 bridgehead atoms. The molecule has 0 N–H and O–H groups in total. The Morgan fingerprint density at radius 1 is 1.35 bits per heavy atom. The molecule has 1 aliphatic heterocycles. The summed E-state index contributed by atoms with van der Waals surface area (Å²) in [5, 5.41) is 1.76. The summed E-state index contributed by atoms with van der Waals surface area (Å²) >= 11 is 1.23. The summed E-state index contributed by atoms with van der Waals surface area (Å²) in [5.74, 6) is 0. The molecule has 6 nitrogen and oxygen atoms in total. The van der Waals surface area contributed by atoms with Crippen molar-refractivity contribution >= 4 is 27.5 Å². The van der Waals surface area contributed by atoms with Crippen molar-refractivity contribution in [3.8, 4) is 0 Å². The molecule has 0 radical (unpaired) electrons. The fraction of sp³-hybridized carbons (Fsp3) is 0.667.